The molecule has 1 amide bonds. The molecule has 2 heterocycles. The highest BCUT2D eigenvalue weighted by Crippen LogP contribution is 2.32. The lowest BCUT2D eigenvalue weighted by atomic mass is 10.2. The summed E-state index contributed by atoms with van der Waals surface area (Å²) in [6.45, 7) is 0. The summed E-state index contributed by atoms with van der Waals surface area (Å²) in [6, 6.07) is 18.8. The molecule has 6 nitrogen and oxygen atoms in total. The largest absolute Gasteiger partial charge is 0.497 e. The molecule has 0 unspecified atom stereocenters. The molecular weight excluding hydrogens is 386 g/mol. The van der Waals surface area contributed by atoms with E-state index in [0.29, 0.717) is 28.4 Å². The predicted octanol–water partition coefficient (Wildman–Crippen LogP) is 4.87. The van der Waals surface area contributed by atoms with Crippen LogP contribution in [0.5, 0.6) is 11.5 Å². The third kappa shape index (κ3) is 3.86. The molecule has 29 heavy (non-hydrogen) atoms. The van der Waals surface area contributed by atoms with E-state index in [-0.39, 0.29) is 5.91 Å². The highest BCUT2D eigenvalue weighted by atomic mass is 32.1. The zero-order chi connectivity index (χ0) is 20.2. The Balaban J connectivity index is 1.74. The van der Waals surface area contributed by atoms with E-state index in [4.69, 9.17) is 9.47 Å². The maximum atomic E-state index is 13.2. The van der Waals surface area contributed by atoms with Crippen LogP contribution in [-0.4, -0.2) is 29.9 Å². The number of anilines is 1. The number of rotatable bonds is 6. The number of amides is 1. The van der Waals surface area contributed by atoms with Crippen molar-refractivity contribution in [3.8, 4) is 27.8 Å². The number of hydrogen-bond donors (Lipinski definition) is 1. The van der Waals surface area contributed by atoms with Crippen LogP contribution in [0.3, 0.4) is 0 Å². The molecule has 0 spiro atoms. The van der Waals surface area contributed by atoms with E-state index >= 15 is 0 Å². The Hall–Kier alpha value is -3.58. The fourth-order valence-corrected chi connectivity index (χ4v) is 3.67. The lowest BCUT2D eigenvalue weighted by Gasteiger charge is -2.11. The van der Waals surface area contributed by atoms with Crippen molar-refractivity contribution in [2.45, 2.75) is 0 Å². The fourth-order valence-electron chi connectivity index (χ4n) is 2.95. The van der Waals surface area contributed by atoms with Crippen LogP contribution in [0.25, 0.3) is 16.3 Å². The topological polar surface area (TPSA) is 65.4 Å². The van der Waals surface area contributed by atoms with Gasteiger partial charge >= 0.3 is 0 Å². The molecule has 7 heteroatoms. The van der Waals surface area contributed by atoms with Gasteiger partial charge in [0.05, 0.1) is 36.0 Å². The van der Waals surface area contributed by atoms with E-state index in [1.807, 2.05) is 47.8 Å². The maximum Gasteiger partial charge on any atom is 0.259 e. The number of ether oxygens (including phenoxy) is 2. The van der Waals surface area contributed by atoms with Crippen LogP contribution < -0.4 is 14.8 Å². The van der Waals surface area contributed by atoms with Gasteiger partial charge < -0.3 is 14.8 Å². The third-order valence-electron chi connectivity index (χ3n) is 4.39. The average molecular weight is 405 g/mol. The molecule has 4 rings (SSSR count). The summed E-state index contributed by atoms with van der Waals surface area (Å²) in [4.78, 5) is 14.1. The van der Waals surface area contributed by atoms with E-state index < -0.39 is 0 Å². The minimum absolute atomic E-state index is 0.276. The van der Waals surface area contributed by atoms with Gasteiger partial charge in [0.2, 0.25) is 0 Å². The molecule has 0 saturated heterocycles. The van der Waals surface area contributed by atoms with E-state index in [1.54, 1.807) is 43.3 Å². The summed E-state index contributed by atoms with van der Waals surface area (Å²) < 4.78 is 12.3. The van der Waals surface area contributed by atoms with Crippen LogP contribution in [0.4, 0.5) is 5.69 Å². The smallest absolute Gasteiger partial charge is 0.259 e. The number of hydrogen-bond acceptors (Lipinski definition) is 5. The quantitative estimate of drug-likeness (QED) is 0.497. The summed E-state index contributed by atoms with van der Waals surface area (Å²) >= 11 is 1.54. The first-order valence-electron chi connectivity index (χ1n) is 8.92. The van der Waals surface area contributed by atoms with Crippen molar-refractivity contribution in [3.05, 3.63) is 77.8 Å². The average Bonchev–Trinajstić information content (AvgIpc) is 3.44. The summed E-state index contributed by atoms with van der Waals surface area (Å²) in [5, 5.41) is 9.56. The number of nitrogens with zero attached hydrogens (tertiary/aromatic N) is 2. The first kappa shape index (κ1) is 18.8. The van der Waals surface area contributed by atoms with E-state index in [9.17, 15) is 4.79 Å². The molecule has 0 aliphatic rings. The zero-order valence-electron chi connectivity index (χ0n) is 16.0. The first-order chi connectivity index (χ1) is 14.2. The maximum absolute atomic E-state index is 13.2. The number of methoxy groups -OCH3 is 2. The Kier molecular flexibility index (Phi) is 5.31. The lowest BCUT2D eigenvalue weighted by molar-refractivity contribution is 0.102. The van der Waals surface area contributed by atoms with Crippen LogP contribution >= 0.6 is 11.3 Å². The second kappa shape index (κ2) is 8.20. The van der Waals surface area contributed by atoms with Crippen molar-refractivity contribution in [2.75, 3.05) is 19.5 Å². The highest BCUT2D eigenvalue weighted by Gasteiger charge is 2.20. The molecule has 0 bridgehead atoms. The second-order valence-corrected chi connectivity index (χ2v) is 7.12. The number of benzene rings is 2. The summed E-state index contributed by atoms with van der Waals surface area (Å²) in [5.74, 6) is 0.897. The van der Waals surface area contributed by atoms with Gasteiger partial charge in [-0.1, -0.05) is 24.3 Å². The number of thiophene rings is 1. The second-order valence-electron chi connectivity index (χ2n) is 6.17. The van der Waals surface area contributed by atoms with Gasteiger partial charge in [-0.2, -0.15) is 5.10 Å². The van der Waals surface area contributed by atoms with Crippen molar-refractivity contribution < 1.29 is 14.3 Å². The molecule has 2 aromatic heterocycles. The molecule has 0 aliphatic carbocycles. The SMILES string of the molecule is COc1ccc(OC)c(NC(=O)c2cn(-c3ccccc3)nc2-c2cccs2)c1. The van der Waals surface area contributed by atoms with Crippen LogP contribution in [0, 0.1) is 0 Å². The Morgan fingerprint density at radius 1 is 1.03 bits per heavy atom. The van der Waals surface area contributed by atoms with Gasteiger partial charge in [-0.15, -0.1) is 11.3 Å². The predicted molar refractivity (Wildman–Crippen MR) is 114 cm³/mol. The van der Waals surface area contributed by atoms with Crippen molar-refractivity contribution in [1.82, 2.24) is 9.78 Å². The van der Waals surface area contributed by atoms with E-state index in [1.165, 1.54) is 11.3 Å². The molecule has 0 radical (unpaired) electrons. The Labute approximate surface area is 172 Å². The van der Waals surface area contributed by atoms with Crippen molar-refractivity contribution in [2.24, 2.45) is 0 Å². The minimum atomic E-state index is -0.276. The number of para-hydroxylation sites is 1. The molecule has 4 aromatic rings. The summed E-state index contributed by atoms with van der Waals surface area (Å²) in [5.41, 5.74) is 2.51. The third-order valence-corrected chi connectivity index (χ3v) is 5.27. The minimum Gasteiger partial charge on any atom is -0.497 e. The first-order valence-corrected chi connectivity index (χ1v) is 9.80. The number of aromatic nitrogens is 2. The Morgan fingerprint density at radius 2 is 1.86 bits per heavy atom. The molecule has 0 atom stereocenters. The van der Waals surface area contributed by atoms with Gasteiger partial charge in [0.25, 0.3) is 5.91 Å². The van der Waals surface area contributed by atoms with Gasteiger partial charge in [-0.3, -0.25) is 4.79 Å². The van der Waals surface area contributed by atoms with Gasteiger partial charge in [0, 0.05) is 12.3 Å². The van der Waals surface area contributed by atoms with Crippen LogP contribution in [0.1, 0.15) is 10.4 Å². The zero-order valence-corrected chi connectivity index (χ0v) is 16.8. The number of carbonyl (C=O) groups excluding carboxylic acids is 1. The van der Waals surface area contributed by atoms with Gasteiger partial charge in [0.15, 0.2) is 0 Å². The molecule has 0 saturated carbocycles. The number of nitrogens with one attached hydrogen (secondary N) is 1. The molecule has 146 valence electrons. The fraction of sp³-hybridized carbons (Fsp3) is 0.0909. The Bertz CT molecular complexity index is 1120. The molecule has 2 aromatic carbocycles. The van der Waals surface area contributed by atoms with Gasteiger partial charge in [0.1, 0.15) is 17.2 Å². The molecular formula is C22H19N3O3S. The van der Waals surface area contributed by atoms with Crippen LogP contribution in [-0.2, 0) is 0 Å². The summed E-state index contributed by atoms with van der Waals surface area (Å²) in [6.07, 6.45) is 1.74. The lowest BCUT2D eigenvalue weighted by Crippen LogP contribution is -2.13. The van der Waals surface area contributed by atoms with Gasteiger partial charge in [-0.25, -0.2) is 4.68 Å². The van der Waals surface area contributed by atoms with E-state index in [2.05, 4.69) is 10.4 Å². The van der Waals surface area contributed by atoms with Crippen LogP contribution in [0.2, 0.25) is 0 Å². The van der Waals surface area contributed by atoms with E-state index in [0.717, 1.165) is 10.6 Å². The molecule has 0 aliphatic heterocycles. The van der Waals surface area contributed by atoms with Gasteiger partial charge in [-0.05, 0) is 35.7 Å². The summed E-state index contributed by atoms with van der Waals surface area (Å²) in [7, 11) is 3.13. The Morgan fingerprint density at radius 3 is 2.55 bits per heavy atom. The normalized spacial score (nSPS) is 10.6. The standard InChI is InChI=1S/C22H19N3O3S/c1-27-16-10-11-19(28-2)18(13-16)23-22(26)17-14-25(15-7-4-3-5-8-15)24-21(17)20-9-6-12-29-20/h3-14H,1-2H3,(H,23,26). The number of carbonyl (C=O) groups is 1. The molecule has 0 fully saturated rings. The molecule has 1 N–H and O–H groups in total. The van der Waals surface area contributed by atoms with Crippen molar-refractivity contribution in [1.29, 1.82) is 0 Å². The van der Waals surface area contributed by atoms with Crippen molar-refractivity contribution >= 4 is 22.9 Å². The van der Waals surface area contributed by atoms with Crippen molar-refractivity contribution in [3.63, 3.8) is 0 Å². The monoisotopic (exact) mass is 405 g/mol. The van der Waals surface area contributed by atoms with Crippen LogP contribution in [0.15, 0.2) is 72.2 Å². The highest BCUT2D eigenvalue weighted by molar-refractivity contribution is 7.13.